The third kappa shape index (κ3) is 7.55. The van der Waals surface area contributed by atoms with E-state index in [0.717, 1.165) is 6.29 Å². The van der Waals surface area contributed by atoms with Gasteiger partial charge in [-0.15, -0.1) is 0 Å². The number of ether oxygens (including phenoxy) is 2. The lowest BCUT2D eigenvalue weighted by molar-refractivity contribution is -0.279. The molecule has 0 aromatic rings. The van der Waals surface area contributed by atoms with Crippen molar-refractivity contribution in [3.05, 3.63) is 0 Å². The van der Waals surface area contributed by atoms with E-state index < -0.39 is 74.8 Å². The maximum absolute atomic E-state index is 11.6. The smallest absolute Gasteiger partial charge is 0.415 e. The quantitative estimate of drug-likeness (QED) is 0.289. The summed E-state index contributed by atoms with van der Waals surface area (Å²) in [5.74, 6) is 0. The van der Waals surface area contributed by atoms with Crippen molar-refractivity contribution < 1.29 is 51.0 Å². The van der Waals surface area contributed by atoms with E-state index in [4.69, 9.17) is 46.3 Å². The van der Waals surface area contributed by atoms with Crippen LogP contribution in [0.1, 0.15) is 0 Å². The number of aldehydes is 1. The van der Waals surface area contributed by atoms with Crippen LogP contribution in [0, 0.1) is 0 Å². The molecule has 0 radical (unpaired) electrons. The Morgan fingerprint density at radius 1 is 0.703 bits per heavy atom. The summed E-state index contributed by atoms with van der Waals surface area (Å²) < 4.78 is 61.2. The molecule has 9 unspecified atom stereocenters. The van der Waals surface area contributed by atoms with E-state index in [1.807, 2.05) is 6.82 Å². The van der Waals surface area contributed by atoms with Crippen LogP contribution in [0.5, 0.6) is 0 Å². The first kappa shape index (κ1) is 29.9. The van der Waals surface area contributed by atoms with Gasteiger partial charge in [-0.25, -0.2) is 0 Å². The van der Waals surface area contributed by atoms with Gasteiger partial charge in [-0.2, -0.15) is 0 Å². The summed E-state index contributed by atoms with van der Waals surface area (Å²) in [5, 5.41) is 0. The van der Waals surface area contributed by atoms with Crippen LogP contribution in [0.4, 0.5) is 0 Å². The van der Waals surface area contributed by atoms with Crippen LogP contribution in [0.2, 0.25) is 59.8 Å². The summed E-state index contributed by atoms with van der Waals surface area (Å²) in [6, 6.07) is 0. The van der Waals surface area contributed by atoms with E-state index in [0.29, 0.717) is 6.61 Å². The van der Waals surface area contributed by atoms with Gasteiger partial charge in [0, 0.05) is 0 Å². The third-order valence-corrected chi connectivity index (χ3v) is 8.46. The van der Waals surface area contributed by atoms with Crippen LogP contribution in [-0.4, -0.2) is 113 Å². The molecular weight excluding hydrogens is 517 g/mol. The predicted molar refractivity (Wildman–Crippen MR) is 142 cm³/mol. The zero-order valence-corrected chi connectivity index (χ0v) is 25.4. The summed E-state index contributed by atoms with van der Waals surface area (Å²) in [6.45, 7) is 18.8. The Labute approximate surface area is 223 Å². The molecule has 0 bridgehead atoms. The van der Waals surface area contributed by atoms with Crippen molar-refractivity contribution in [2.45, 2.75) is 115 Å². The van der Waals surface area contributed by atoms with Gasteiger partial charge >= 0.3 is 21.4 Å². The van der Waals surface area contributed by atoms with Crippen LogP contribution in [-0.2, 0) is 51.0 Å². The lowest BCUT2D eigenvalue weighted by Gasteiger charge is -2.45. The average molecular weight is 558 g/mol. The summed E-state index contributed by atoms with van der Waals surface area (Å²) in [5.41, 5.74) is 0. The minimum absolute atomic E-state index is 0.140. The van der Waals surface area contributed by atoms with Crippen molar-refractivity contribution in [1.82, 2.24) is 0 Å². The van der Waals surface area contributed by atoms with Gasteiger partial charge in [0.15, 0.2) is 22.9 Å². The Hall–Kier alpha value is -0.101. The highest BCUT2D eigenvalue weighted by Gasteiger charge is 2.56. The largest absolute Gasteiger partial charge is 0.454 e. The Kier molecular flexibility index (Phi) is 9.52. The molecule has 0 spiro atoms. The summed E-state index contributed by atoms with van der Waals surface area (Å²) in [4.78, 5) is 11.6. The Morgan fingerprint density at radius 2 is 1.30 bits per heavy atom. The average Bonchev–Trinajstić information content (AvgIpc) is 3.46. The van der Waals surface area contributed by atoms with E-state index in [2.05, 4.69) is 39.3 Å². The van der Waals surface area contributed by atoms with E-state index in [9.17, 15) is 4.79 Å². The lowest BCUT2D eigenvalue weighted by Crippen LogP contribution is -2.61. The molecule has 0 aliphatic carbocycles. The van der Waals surface area contributed by atoms with Gasteiger partial charge < -0.3 is 51.0 Å². The van der Waals surface area contributed by atoms with Gasteiger partial charge in [0.05, 0.1) is 31.5 Å². The molecule has 0 aromatic carbocycles. The maximum atomic E-state index is 11.6. The normalized spacial score (nSPS) is 38.9. The molecule has 0 amide bonds. The van der Waals surface area contributed by atoms with Crippen molar-refractivity contribution >= 4 is 44.3 Å². The molecule has 4 saturated heterocycles. The van der Waals surface area contributed by atoms with Gasteiger partial charge in [0.1, 0.15) is 36.8 Å². The molecule has 0 N–H and O–H groups in total. The molecular formula is C21H41B3O11Si2. The van der Waals surface area contributed by atoms with Crippen molar-refractivity contribution in [1.29, 1.82) is 0 Å². The second-order valence-corrected chi connectivity index (χ2v) is 21.0. The fraction of sp³-hybridized carbons (Fsp3) is 0.952. The molecule has 0 aromatic heterocycles. The molecule has 37 heavy (non-hydrogen) atoms. The molecule has 9 atom stereocenters. The van der Waals surface area contributed by atoms with Gasteiger partial charge in [-0.05, 0) is 59.8 Å². The van der Waals surface area contributed by atoms with Gasteiger partial charge in [0.25, 0.3) is 0 Å². The third-order valence-electron chi connectivity index (χ3n) is 6.44. The van der Waals surface area contributed by atoms with E-state index in [1.165, 1.54) is 0 Å². The number of hydrogen-bond acceptors (Lipinski definition) is 11. The second kappa shape index (κ2) is 11.8. The molecule has 0 saturated carbocycles. The first-order valence-corrected chi connectivity index (χ1v) is 20.0. The van der Waals surface area contributed by atoms with Gasteiger partial charge in [-0.3, -0.25) is 0 Å². The fourth-order valence-corrected chi connectivity index (χ4v) is 6.85. The SMILES string of the molecule is CB1OC(C=O)C(C2OB(C)OC2COC2OC(CO[Si](C)(C)C)C(O[Si](C)(C)C)C3OB(C)OC23)O1. The maximum Gasteiger partial charge on any atom is 0.454 e. The van der Waals surface area contributed by atoms with Crippen LogP contribution in [0.3, 0.4) is 0 Å². The Bertz CT molecular complexity index is 788. The topological polar surface area (TPSA) is 109 Å². The summed E-state index contributed by atoms with van der Waals surface area (Å²) in [6.07, 6.45) is -3.92. The standard InChI is InChI=1S/C21H41B3O11Si2/c1-22-29-13(10-25)16(31-22)17-15(30-23(2)32-17)11-26-21-20-19(33-24(3)34-20)18(35-37(7,8)9)14(28-21)12-27-36(4,5)6/h10,13-21H,11-12H2,1-9H3. The number of carbonyl (C=O) groups is 1. The number of fused-ring (bicyclic) bond motifs is 1. The number of carbonyl (C=O) groups excluding carboxylic acids is 1. The number of hydrogen-bond donors (Lipinski definition) is 0. The highest BCUT2D eigenvalue weighted by molar-refractivity contribution is 6.70. The predicted octanol–water partition coefficient (Wildman–Crippen LogP) is 1.70. The van der Waals surface area contributed by atoms with E-state index in [-0.39, 0.29) is 24.9 Å². The minimum Gasteiger partial charge on any atom is -0.415 e. The molecule has 4 aliphatic heterocycles. The minimum atomic E-state index is -1.94. The molecule has 11 nitrogen and oxygen atoms in total. The lowest BCUT2D eigenvalue weighted by atomic mass is 9.96. The van der Waals surface area contributed by atoms with Crippen molar-refractivity contribution in [2.24, 2.45) is 0 Å². The van der Waals surface area contributed by atoms with Crippen LogP contribution >= 0.6 is 0 Å². The zero-order valence-electron chi connectivity index (χ0n) is 23.4. The highest BCUT2D eigenvalue weighted by atomic mass is 28.4. The van der Waals surface area contributed by atoms with Crippen LogP contribution in [0.15, 0.2) is 0 Å². The Balaban J connectivity index is 1.48. The van der Waals surface area contributed by atoms with Crippen molar-refractivity contribution in [3.8, 4) is 0 Å². The zero-order chi connectivity index (χ0) is 27.1. The van der Waals surface area contributed by atoms with Crippen LogP contribution < -0.4 is 0 Å². The van der Waals surface area contributed by atoms with Crippen molar-refractivity contribution in [3.63, 3.8) is 0 Å². The Morgan fingerprint density at radius 3 is 1.95 bits per heavy atom. The molecule has 16 heteroatoms. The fourth-order valence-electron chi connectivity index (χ4n) is 5.08. The first-order chi connectivity index (χ1) is 17.2. The van der Waals surface area contributed by atoms with E-state index in [1.54, 1.807) is 13.6 Å². The van der Waals surface area contributed by atoms with E-state index >= 15 is 0 Å². The molecule has 4 fully saturated rings. The molecule has 4 rings (SSSR count). The molecule has 4 aliphatic rings. The van der Waals surface area contributed by atoms with Gasteiger partial charge in [-0.1, -0.05) is 0 Å². The number of rotatable bonds is 10. The van der Waals surface area contributed by atoms with Crippen molar-refractivity contribution in [2.75, 3.05) is 13.2 Å². The first-order valence-electron chi connectivity index (χ1n) is 13.2. The summed E-state index contributed by atoms with van der Waals surface area (Å²) >= 11 is 0. The highest BCUT2D eigenvalue weighted by Crippen LogP contribution is 2.36. The molecule has 208 valence electrons. The molecule has 4 heterocycles. The monoisotopic (exact) mass is 558 g/mol. The van der Waals surface area contributed by atoms with Crippen LogP contribution in [0.25, 0.3) is 0 Å². The summed E-state index contributed by atoms with van der Waals surface area (Å²) in [7, 11) is -5.17. The van der Waals surface area contributed by atoms with Gasteiger partial charge in [0.2, 0.25) is 0 Å². The second-order valence-electron chi connectivity index (χ2n) is 12.0.